The summed E-state index contributed by atoms with van der Waals surface area (Å²) in [6.07, 6.45) is 5.38. The molecule has 1 aliphatic carbocycles. The minimum atomic E-state index is 0.230. The van der Waals surface area contributed by atoms with Crippen LogP contribution < -0.4 is 5.32 Å². The number of nitrogens with zero attached hydrogens (tertiary/aromatic N) is 2. The third-order valence-corrected chi connectivity index (χ3v) is 4.12. The van der Waals surface area contributed by atoms with Gasteiger partial charge in [0.2, 0.25) is 5.91 Å². The third-order valence-electron chi connectivity index (χ3n) is 4.12. The van der Waals surface area contributed by atoms with E-state index in [1.807, 2.05) is 19.0 Å². The zero-order valence-corrected chi connectivity index (χ0v) is 12.2. The molecular formula is C14H27N3O2. The molecule has 1 amide bonds. The molecule has 0 aromatic heterocycles. The molecule has 0 bridgehead atoms. The van der Waals surface area contributed by atoms with E-state index >= 15 is 0 Å². The van der Waals surface area contributed by atoms with Crippen LogP contribution >= 0.6 is 0 Å². The largest absolute Gasteiger partial charge is 0.378 e. The second-order valence-electron chi connectivity index (χ2n) is 5.87. The van der Waals surface area contributed by atoms with Gasteiger partial charge in [0.1, 0.15) is 0 Å². The Morgan fingerprint density at radius 2 is 2.05 bits per heavy atom. The Labute approximate surface area is 116 Å². The highest BCUT2D eigenvalue weighted by atomic mass is 16.5. The molecule has 0 radical (unpaired) electrons. The van der Waals surface area contributed by atoms with Gasteiger partial charge in [0.05, 0.1) is 25.9 Å². The van der Waals surface area contributed by atoms with Crippen molar-refractivity contribution in [3.8, 4) is 0 Å². The fourth-order valence-corrected chi connectivity index (χ4v) is 3.03. The minimum Gasteiger partial charge on any atom is -0.378 e. The highest BCUT2D eigenvalue weighted by molar-refractivity contribution is 5.80. The van der Waals surface area contributed by atoms with Crippen molar-refractivity contribution < 1.29 is 9.53 Å². The zero-order valence-electron chi connectivity index (χ0n) is 12.2. The second kappa shape index (κ2) is 7.22. The van der Waals surface area contributed by atoms with Gasteiger partial charge in [0, 0.05) is 13.1 Å². The fourth-order valence-electron chi connectivity index (χ4n) is 3.03. The minimum absolute atomic E-state index is 0.230. The summed E-state index contributed by atoms with van der Waals surface area (Å²) in [5, 5.41) is 3.37. The van der Waals surface area contributed by atoms with Gasteiger partial charge in [-0.1, -0.05) is 12.8 Å². The number of nitrogens with one attached hydrogen (secondary N) is 1. The smallest absolute Gasteiger partial charge is 0.237 e. The molecule has 5 heteroatoms. The van der Waals surface area contributed by atoms with Crippen molar-refractivity contribution in [1.29, 1.82) is 0 Å². The van der Waals surface area contributed by atoms with Crippen LogP contribution in [-0.2, 0) is 9.53 Å². The van der Waals surface area contributed by atoms with Crippen molar-refractivity contribution in [3.05, 3.63) is 0 Å². The average Bonchev–Trinajstić information content (AvgIpc) is 2.98. The number of rotatable bonds is 7. The quantitative estimate of drug-likeness (QED) is 0.684. The van der Waals surface area contributed by atoms with E-state index in [2.05, 4.69) is 10.2 Å². The maximum absolute atomic E-state index is 11.9. The average molecular weight is 269 g/mol. The molecule has 2 aliphatic rings. The van der Waals surface area contributed by atoms with E-state index < -0.39 is 0 Å². The topological polar surface area (TPSA) is 44.8 Å². The monoisotopic (exact) mass is 269 g/mol. The summed E-state index contributed by atoms with van der Waals surface area (Å²) in [5.74, 6) is 0.876. The van der Waals surface area contributed by atoms with E-state index in [1.165, 1.54) is 25.7 Å². The molecule has 2 fully saturated rings. The number of hydrogen-bond acceptors (Lipinski definition) is 4. The number of carbonyl (C=O) groups is 1. The van der Waals surface area contributed by atoms with Gasteiger partial charge in [-0.3, -0.25) is 10.1 Å². The summed E-state index contributed by atoms with van der Waals surface area (Å²) in [5.41, 5.74) is 0. The zero-order chi connectivity index (χ0) is 13.7. The van der Waals surface area contributed by atoms with Gasteiger partial charge >= 0.3 is 0 Å². The first-order valence-electron chi connectivity index (χ1n) is 7.44. The van der Waals surface area contributed by atoms with E-state index in [-0.39, 0.29) is 12.1 Å². The molecule has 1 aliphatic heterocycles. The SMILES string of the molecule is CN(C)CCOCCN1C(=O)CNC1C1CCCC1. The van der Waals surface area contributed by atoms with Crippen LogP contribution in [0.2, 0.25) is 0 Å². The molecule has 0 aromatic rings. The summed E-state index contributed by atoms with van der Waals surface area (Å²) >= 11 is 0. The highest BCUT2D eigenvalue weighted by Crippen LogP contribution is 2.30. The summed E-state index contributed by atoms with van der Waals surface area (Å²) in [6, 6.07) is 0. The van der Waals surface area contributed by atoms with Gasteiger partial charge < -0.3 is 14.5 Å². The maximum atomic E-state index is 11.9. The van der Waals surface area contributed by atoms with E-state index in [4.69, 9.17) is 4.74 Å². The number of ether oxygens (including phenoxy) is 1. The summed E-state index contributed by atoms with van der Waals surface area (Å²) in [6.45, 7) is 3.53. The third kappa shape index (κ3) is 4.16. The highest BCUT2D eigenvalue weighted by Gasteiger charge is 2.36. The number of amides is 1. The number of carbonyl (C=O) groups excluding carboxylic acids is 1. The van der Waals surface area contributed by atoms with E-state index in [9.17, 15) is 4.79 Å². The molecule has 2 rings (SSSR count). The van der Waals surface area contributed by atoms with Crippen molar-refractivity contribution in [2.24, 2.45) is 5.92 Å². The molecule has 5 nitrogen and oxygen atoms in total. The predicted octanol–water partition coefficient (Wildman–Crippen LogP) is 0.513. The van der Waals surface area contributed by atoms with Gasteiger partial charge in [0.25, 0.3) is 0 Å². The van der Waals surface area contributed by atoms with Gasteiger partial charge in [-0.2, -0.15) is 0 Å². The fraction of sp³-hybridized carbons (Fsp3) is 0.929. The molecule has 1 atom stereocenters. The van der Waals surface area contributed by atoms with Crippen molar-refractivity contribution in [2.75, 3.05) is 46.9 Å². The number of likely N-dealkylation sites (N-methyl/N-ethyl adjacent to an activating group) is 1. The van der Waals surface area contributed by atoms with Gasteiger partial charge in [-0.15, -0.1) is 0 Å². The lowest BCUT2D eigenvalue weighted by Gasteiger charge is -2.29. The molecular weight excluding hydrogens is 242 g/mol. The van der Waals surface area contributed by atoms with Crippen LogP contribution in [0.15, 0.2) is 0 Å². The van der Waals surface area contributed by atoms with Crippen molar-refractivity contribution in [3.63, 3.8) is 0 Å². The summed E-state index contributed by atoms with van der Waals surface area (Å²) < 4.78 is 5.60. The van der Waals surface area contributed by atoms with Crippen LogP contribution in [0.4, 0.5) is 0 Å². The Balaban J connectivity index is 1.71. The van der Waals surface area contributed by atoms with Crippen LogP contribution in [0.3, 0.4) is 0 Å². The van der Waals surface area contributed by atoms with Crippen LogP contribution in [-0.4, -0.2) is 68.8 Å². The first kappa shape index (κ1) is 14.8. The molecule has 1 saturated carbocycles. The van der Waals surface area contributed by atoms with Crippen LogP contribution in [0.25, 0.3) is 0 Å². The lowest BCUT2D eigenvalue weighted by molar-refractivity contribution is -0.129. The first-order chi connectivity index (χ1) is 9.18. The molecule has 19 heavy (non-hydrogen) atoms. The second-order valence-corrected chi connectivity index (χ2v) is 5.87. The lowest BCUT2D eigenvalue weighted by Crippen LogP contribution is -2.44. The van der Waals surface area contributed by atoms with E-state index in [1.54, 1.807) is 0 Å². The van der Waals surface area contributed by atoms with Crippen molar-refractivity contribution in [1.82, 2.24) is 15.1 Å². The van der Waals surface area contributed by atoms with Gasteiger partial charge in [0.15, 0.2) is 0 Å². The molecule has 1 heterocycles. The predicted molar refractivity (Wildman–Crippen MR) is 74.8 cm³/mol. The standard InChI is InChI=1S/C14H27N3O2/c1-16(2)7-9-19-10-8-17-13(18)11-15-14(17)12-5-3-4-6-12/h12,14-15H,3-11H2,1-2H3. The Hall–Kier alpha value is -0.650. The Bertz CT molecular complexity index is 290. The van der Waals surface area contributed by atoms with Crippen LogP contribution in [0.5, 0.6) is 0 Å². The Morgan fingerprint density at radius 1 is 1.32 bits per heavy atom. The van der Waals surface area contributed by atoms with Crippen LogP contribution in [0.1, 0.15) is 25.7 Å². The van der Waals surface area contributed by atoms with E-state index in [0.29, 0.717) is 19.1 Å². The summed E-state index contributed by atoms with van der Waals surface area (Å²) in [7, 11) is 4.07. The van der Waals surface area contributed by atoms with Gasteiger partial charge in [-0.05, 0) is 32.9 Å². The van der Waals surface area contributed by atoms with E-state index in [0.717, 1.165) is 19.7 Å². The lowest BCUT2D eigenvalue weighted by atomic mass is 10.0. The normalized spacial score (nSPS) is 24.9. The summed E-state index contributed by atoms with van der Waals surface area (Å²) in [4.78, 5) is 16.0. The number of hydrogen-bond donors (Lipinski definition) is 1. The molecule has 1 N–H and O–H groups in total. The Morgan fingerprint density at radius 3 is 2.74 bits per heavy atom. The Kier molecular flexibility index (Phi) is 5.60. The first-order valence-corrected chi connectivity index (χ1v) is 7.44. The molecule has 0 aromatic carbocycles. The molecule has 110 valence electrons. The van der Waals surface area contributed by atoms with Crippen molar-refractivity contribution in [2.45, 2.75) is 31.8 Å². The van der Waals surface area contributed by atoms with Crippen molar-refractivity contribution >= 4 is 5.91 Å². The maximum Gasteiger partial charge on any atom is 0.237 e. The van der Waals surface area contributed by atoms with Gasteiger partial charge in [-0.25, -0.2) is 0 Å². The molecule has 1 saturated heterocycles. The molecule has 1 unspecified atom stereocenters. The molecule has 0 spiro atoms. The van der Waals surface area contributed by atoms with Crippen LogP contribution in [0, 0.1) is 5.92 Å².